The second-order valence-electron chi connectivity index (χ2n) is 6.03. The molecule has 1 atom stereocenters. The smallest absolute Gasteiger partial charge is 0.338 e. The molecule has 2 aromatic rings. The maximum atomic E-state index is 12.8. The Morgan fingerprint density at radius 2 is 1.79 bits per heavy atom. The Hall–Kier alpha value is -2.35. The van der Waals surface area contributed by atoms with Gasteiger partial charge in [0.1, 0.15) is 0 Å². The number of carbonyl (C=O) groups excluding carboxylic acids is 2. The number of halogens is 2. The highest BCUT2D eigenvalue weighted by atomic mass is 35.5. The predicted octanol–water partition coefficient (Wildman–Crippen LogP) is 3.49. The van der Waals surface area contributed by atoms with Gasteiger partial charge < -0.3 is 9.64 Å². The number of benzene rings is 2. The highest BCUT2D eigenvalue weighted by Crippen LogP contribution is 2.24. The van der Waals surface area contributed by atoms with Gasteiger partial charge in [0.15, 0.2) is 16.4 Å². The molecule has 1 unspecified atom stereocenters. The van der Waals surface area contributed by atoms with E-state index in [0.717, 1.165) is 5.41 Å². The van der Waals surface area contributed by atoms with E-state index in [-0.39, 0.29) is 16.3 Å². The molecular weight excluding hydrogens is 425 g/mol. The molecule has 0 N–H and O–H groups in total. The van der Waals surface area contributed by atoms with Crippen LogP contribution in [0.3, 0.4) is 0 Å². The largest absolute Gasteiger partial charge is 0.452 e. The lowest BCUT2D eigenvalue weighted by Crippen LogP contribution is -2.43. The van der Waals surface area contributed by atoms with Crippen LogP contribution in [0.5, 0.6) is 0 Å². The van der Waals surface area contributed by atoms with Crippen molar-refractivity contribution < 1.29 is 22.7 Å². The summed E-state index contributed by atoms with van der Waals surface area (Å²) in [5.74, 6) is -1.52. The number of hydrogen-bond donors (Lipinski definition) is 0. The lowest BCUT2D eigenvalue weighted by Gasteiger charge is -2.27. The quantitative estimate of drug-likeness (QED) is 0.665. The van der Waals surface area contributed by atoms with Crippen LogP contribution in [0.2, 0.25) is 10.0 Å². The van der Waals surface area contributed by atoms with E-state index in [1.807, 2.05) is 0 Å². The molecule has 1 heterocycles. The number of nitrogens with zero attached hydrogens (tertiary/aromatic N) is 1. The minimum atomic E-state index is -3.37. The molecule has 0 radical (unpaired) electrons. The molecule has 0 bridgehead atoms. The van der Waals surface area contributed by atoms with Crippen LogP contribution in [0.25, 0.3) is 0 Å². The minimum absolute atomic E-state index is 0.150. The van der Waals surface area contributed by atoms with E-state index in [4.69, 9.17) is 27.9 Å². The third-order valence-corrected chi connectivity index (χ3v) is 6.14. The Kier molecular flexibility index (Phi) is 6.07. The molecule has 0 aromatic heterocycles. The molecular formula is C19H15Cl2NO5S. The zero-order valence-electron chi connectivity index (χ0n) is 14.4. The Labute approximate surface area is 172 Å². The minimum Gasteiger partial charge on any atom is -0.452 e. The van der Waals surface area contributed by atoms with Crippen molar-refractivity contribution in [2.75, 3.05) is 17.3 Å². The first-order valence-corrected chi connectivity index (χ1v) is 10.6. The van der Waals surface area contributed by atoms with E-state index in [1.54, 1.807) is 30.3 Å². The van der Waals surface area contributed by atoms with Gasteiger partial charge in [-0.1, -0.05) is 41.4 Å². The van der Waals surface area contributed by atoms with Crippen molar-refractivity contribution in [3.05, 3.63) is 75.6 Å². The average molecular weight is 440 g/mol. The van der Waals surface area contributed by atoms with Crippen LogP contribution in [-0.4, -0.2) is 38.7 Å². The van der Waals surface area contributed by atoms with Crippen LogP contribution < -0.4 is 4.90 Å². The number of amides is 1. The fraction of sp³-hybridized carbons (Fsp3) is 0.158. The molecule has 6 nitrogen and oxygen atoms in total. The number of carbonyl (C=O) groups is 2. The van der Waals surface area contributed by atoms with Crippen LogP contribution in [0.4, 0.5) is 5.69 Å². The molecule has 146 valence electrons. The van der Waals surface area contributed by atoms with Gasteiger partial charge in [0.05, 0.1) is 27.4 Å². The highest BCUT2D eigenvalue weighted by Gasteiger charge is 2.31. The number of esters is 1. The number of para-hydroxylation sites is 1. The standard InChI is InChI=1S/C19H15Cl2NO5S/c20-16-7-6-13(10-17(16)21)19(24)27-11-18(23)22(14-4-2-1-3-5-14)15-8-9-28(25,26)12-15/h1-10,15H,11-12H2. The average Bonchev–Trinajstić information content (AvgIpc) is 3.02. The molecule has 1 aliphatic rings. The van der Waals surface area contributed by atoms with E-state index in [2.05, 4.69) is 0 Å². The van der Waals surface area contributed by atoms with E-state index in [9.17, 15) is 18.0 Å². The van der Waals surface area contributed by atoms with Gasteiger partial charge in [0.2, 0.25) is 0 Å². The third kappa shape index (κ3) is 4.73. The van der Waals surface area contributed by atoms with Crippen molar-refractivity contribution in [3.8, 4) is 0 Å². The number of hydrogen-bond acceptors (Lipinski definition) is 5. The van der Waals surface area contributed by atoms with Crippen LogP contribution in [-0.2, 0) is 19.4 Å². The molecule has 2 aromatic carbocycles. The molecule has 0 saturated heterocycles. The summed E-state index contributed by atoms with van der Waals surface area (Å²) in [5, 5.41) is 1.57. The summed E-state index contributed by atoms with van der Waals surface area (Å²) in [4.78, 5) is 26.3. The number of sulfone groups is 1. The fourth-order valence-electron chi connectivity index (χ4n) is 2.73. The van der Waals surface area contributed by atoms with Crippen molar-refractivity contribution in [2.45, 2.75) is 6.04 Å². The highest BCUT2D eigenvalue weighted by molar-refractivity contribution is 7.94. The van der Waals surface area contributed by atoms with Crippen LogP contribution in [0.1, 0.15) is 10.4 Å². The van der Waals surface area contributed by atoms with Crippen molar-refractivity contribution >= 4 is 50.6 Å². The summed E-state index contributed by atoms with van der Waals surface area (Å²) in [6, 6.07) is 12.1. The fourth-order valence-corrected chi connectivity index (χ4v) is 4.30. The van der Waals surface area contributed by atoms with Crippen LogP contribution in [0.15, 0.2) is 60.0 Å². The molecule has 0 fully saturated rings. The number of anilines is 1. The van der Waals surface area contributed by atoms with Gasteiger partial charge in [-0.3, -0.25) is 4.79 Å². The SMILES string of the molecule is O=C(OCC(=O)N(c1ccccc1)C1C=CS(=O)(=O)C1)c1ccc(Cl)c(Cl)c1. The van der Waals surface area contributed by atoms with Crippen molar-refractivity contribution in [1.82, 2.24) is 0 Å². The lowest BCUT2D eigenvalue weighted by atomic mass is 10.2. The Morgan fingerprint density at radius 1 is 1.07 bits per heavy atom. The zero-order valence-corrected chi connectivity index (χ0v) is 16.7. The normalized spacial score (nSPS) is 17.3. The van der Waals surface area contributed by atoms with Crippen LogP contribution >= 0.6 is 23.2 Å². The molecule has 9 heteroatoms. The van der Waals surface area contributed by atoms with E-state index < -0.39 is 34.4 Å². The molecule has 28 heavy (non-hydrogen) atoms. The van der Waals surface area contributed by atoms with Gasteiger partial charge in [-0.05, 0) is 36.4 Å². The Morgan fingerprint density at radius 3 is 2.39 bits per heavy atom. The van der Waals surface area contributed by atoms with Gasteiger partial charge in [-0.25, -0.2) is 13.2 Å². The van der Waals surface area contributed by atoms with Crippen molar-refractivity contribution in [1.29, 1.82) is 0 Å². The number of ether oxygens (including phenoxy) is 1. The van der Waals surface area contributed by atoms with Gasteiger partial charge in [0.25, 0.3) is 5.91 Å². The maximum absolute atomic E-state index is 12.8. The van der Waals surface area contributed by atoms with Crippen molar-refractivity contribution in [2.24, 2.45) is 0 Å². The lowest BCUT2D eigenvalue weighted by molar-refractivity contribution is -0.121. The van der Waals surface area contributed by atoms with Crippen molar-refractivity contribution in [3.63, 3.8) is 0 Å². The van der Waals surface area contributed by atoms with Crippen LogP contribution in [0, 0.1) is 0 Å². The van der Waals surface area contributed by atoms with Gasteiger partial charge >= 0.3 is 5.97 Å². The molecule has 3 rings (SSSR count). The Balaban J connectivity index is 1.75. The summed E-state index contributed by atoms with van der Waals surface area (Å²) in [6.07, 6.45) is 1.45. The van der Waals surface area contributed by atoms with Gasteiger partial charge in [-0.2, -0.15) is 0 Å². The summed E-state index contributed by atoms with van der Waals surface area (Å²) >= 11 is 11.7. The topological polar surface area (TPSA) is 80.8 Å². The van der Waals surface area contributed by atoms with E-state index in [0.29, 0.717) is 10.7 Å². The van der Waals surface area contributed by atoms with Gasteiger partial charge in [0, 0.05) is 11.1 Å². The summed E-state index contributed by atoms with van der Waals surface area (Å²) in [5.41, 5.74) is 0.654. The molecule has 0 spiro atoms. The first-order valence-electron chi connectivity index (χ1n) is 8.17. The third-order valence-electron chi connectivity index (χ3n) is 4.03. The summed E-state index contributed by atoms with van der Waals surface area (Å²) in [6.45, 7) is -0.557. The van der Waals surface area contributed by atoms with E-state index in [1.165, 1.54) is 29.2 Å². The van der Waals surface area contributed by atoms with E-state index >= 15 is 0 Å². The number of rotatable bonds is 5. The summed E-state index contributed by atoms with van der Waals surface area (Å²) in [7, 11) is -3.37. The maximum Gasteiger partial charge on any atom is 0.338 e. The first kappa shape index (κ1) is 20.4. The first-order chi connectivity index (χ1) is 13.3. The summed E-state index contributed by atoms with van der Waals surface area (Å²) < 4.78 is 28.6. The molecule has 1 amide bonds. The second kappa shape index (κ2) is 8.34. The predicted molar refractivity (Wildman–Crippen MR) is 107 cm³/mol. The monoisotopic (exact) mass is 439 g/mol. The molecule has 1 aliphatic heterocycles. The Bertz CT molecular complexity index is 1040. The second-order valence-corrected chi connectivity index (χ2v) is 8.78. The van der Waals surface area contributed by atoms with Gasteiger partial charge in [-0.15, -0.1) is 0 Å². The molecule has 0 saturated carbocycles. The zero-order chi connectivity index (χ0) is 20.3. The molecule has 0 aliphatic carbocycles.